The third-order valence-electron chi connectivity index (χ3n) is 10.2. The summed E-state index contributed by atoms with van der Waals surface area (Å²) in [5, 5.41) is 21.8. The molecule has 36 heavy (non-hydrogen) atoms. The molecule has 1 aromatic carbocycles. The highest BCUT2D eigenvalue weighted by atomic mass is 16.6. The summed E-state index contributed by atoms with van der Waals surface area (Å²) < 4.78 is 6.19. The Morgan fingerprint density at radius 3 is 2.47 bits per heavy atom. The van der Waals surface area contributed by atoms with Crippen LogP contribution in [-0.4, -0.2) is 46.1 Å². The smallest absolute Gasteiger partial charge is 0.339 e. The second kappa shape index (κ2) is 8.49. The molecule has 6 nitrogen and oxygen atoms in total. The quantitative estimate of drug-likeness (QED) is 0.618. The summed E-state index contributed by atoms with van der Waals surface area (Å²) in [5.41, 5.74) is -1.42. The second-order valence-electron chi connectivity index (χ2n) is 11.9. The maximum absolute atomic E-state index is 13.6. The molecular weight excluding hydrogens is 456 g/mol. The lowest BCUT2D eigenvalue weighted by Gasteiger charge is -2.61. The van der Waals surface area contributed by atoms with Crippen LogP contribution in [0, 0.1) is 40.4 Å². The maximum atomic E-state index is 13.6. The van der Waals surface area contributed by atoms with Gasteiger partial charge in [0.2, 0.25) is 5.78 Å². The van der Waals surface area contributed by atoms with Gasteiger partial charge in [-0.15, -0.1) is 0 Å². The molecule has 2 N–H and O–H groups in total. The van der Waals surface area contributed by atoms with E-state index in [1.807, 2.05) is 19.9 Å². The second-order valence-corrected chi connectivity index (χ2v) is 11.9. The van der Waals surface area contributed by atoms with E-state index in [4.69, 9.17) is 4.74 Å². The van der Waals surface area contributed by atoms with Crippen LogP contribution in [0.1, 0.15) is 57.3 Å². The van der Waals surface area contributed by atoms with Crippen molar-refractivity contribution in [2.75, 3.05) is 6.61 Å². The normalized spacial score (nSPS) is 43.2. The molecule has 192 valence electrons. The molecule has 9 atom stereocenters. The van der Waals surface area contributed by atoms with E-state index in [1.165, 1.54) is 0 Å². The van der Waals surface area contributed by atoms with Crippen LogP contribution in [0.4, 0.5) is 0 Å². The highest BCUT2D eigenvalue weighted by Gasteiger charge is 2.73. The third kappa shape index (κ3) is 3.26. The highest BCUT2D eigenvalue weighted by molar-refractivity contribution is 6.01. The van der Waals surface area contributed by atoms with Gasteiger partial charge in [0.25, 0.3) is 0 Å². The molecule has 3 fully saturated rings. The summed E-state index contributed by atoms with van der Waals surface area (Å²) >= 11 is 0. The molecule has 5 rings (SSSR count). The number of carbonyl (C=O) groups is 3. The number of rotatable bonds is 4. The number of esters is 1. The lowest BCUT2D eigenvalue weighted by atomic mass is 9.44. The van der Waals surface area contributed by atoms with Crippen LogP contribution >= 0.6 is 0 Å². The van der Waals surface area contributed by atoms with E-state index in [0.717, 1.165) is 12.0 Å². The summed E-state index contributed by atoms with van der Waals surface area (Å²) in [5.74, 6) is -1.33. The molecule has 0 unspecified atom stereocenters. The van der Waals surface area contributed by atoms with Crippen molar-refractivity contribution in [3.8, 4) is 0 Å². The van der Waals surface area contributed by atoms with Gasteiger partial charge in [0.15, 0.2) is 11.4 Å². The first kappa shape index (κ1) is 25.1. The summed E-state index contributed by atoms with van der Waals surface area (Å²) in [7, 11) is 0. The zero-order chi connectivity index (χ0) is 26.0. The van der Waals surface area contributed by atoms with Crippen LogP contribution in [-0.2, 0) is 14.3 Å². The fourth-order valence-corrected chi connectivity index (χ4v) is 8.83. The molecule has 0 aliphatic heterocycles. The third-order valence-corrected chi connectivity index (χ3v) is 10.2. The molecule has 6 heteroatoms. The van der Waals surface area contributed by atoms with E-state index in [1.54, 1.807) is 42.5 Å². The number of carbonyl (C=O) groups excluding carboxylic acids is 3. The Labute approximate surface area is 212 Å². The number of ether oxygens (including phenoxy) is 1. The molecular formula is C30H36O6. The Balaban J connectivity index is 1.59. The topological polar surface area (TPSA) is 101 Å². The molecule has 0 bridgehead atoms. The Bertz CT molecular complexity index is 1150. The van der Waals surface area contributed by atoms with Crippen LogP contribution in [0.5, 0.6) is 0 Å². The van der Waals surface area contributed by atoms with Crippen molar-refractivity contribution in [1.82, 2.24) is 0 Å². The fraction of sp³-hybridized carbons (Fsp3) is 0.567. The molecule has 0 aromatic heterocycles. The van der Waals surface area contributed by atoms with Gasteiger partial charge in [-0.05, 0) is 61.3 Å². The number of aliphatic hydroxyl groups is 2. The number of fused-ring (bicyclic) bond motifs is 5. The number of ketones is 2. The van der Waals surface area contributed by atoms with Crippen molar-refractivity contribution < 1.29 is 29.3 Å². The van der Waals surface area contributed by atoms with E-state index in [0.29, 0.717) is 12.0 Å². The van der Waals surface area contributed by atoms with Gasteiger partial charge in [-0.3, -0.25) is 9.59 Å². The van der Waals surface area contributed by atoms with E-state index < -0.39 is 40.9 Å². The van der Waals surface area contributed by atoms with Crippen molar-refractivity contribution >= 4 is 17.5 Å². The highest BCUT2D eigenvalue weighted by Crippen LogP contribution is 2.69. The predicted octanol–water partition coefficient (Wildman–Crippen LogP) is 3.91. The predicted molar refractivity (Wildman–Crippen MR) is 134 cm³/mol. The summed E-state index contributed by atoms with van der Waals surface area (Å²) in [4.78, 5) is 39.1. The standard InChI is InChI=1S/C30H36O6/c1-17-12-21-23-13-18(2)30(25(34)16-31,36-27(35)19-8-6-5-7-9-19)29(23,4)15-24(33)26(21)28(3)11-10-20(32)14-22(17)28/h5-11,14,17-18,21,23-24,26,31,33H,12-13,15-16H2,1-4H3/t17-,18-,21-,23-,24-,26+,28-,29-,30-/m0/s1. The largest absolute Gasteiger partial charge is 0.446 e. The molecule has 1 aromatic rings. The lowest BCUT2D eigenvalue weighted by molar-refractivity contribution is -0.186. The first-order chi connectivity index (χ1) is 17.0. The lowest BCUT2D eigenvalue weighted by Crippen LogP contribution is -2.64. The zero-order valence-electron chi connectivity index (χ0n) is 21.4. The number of aliphatic hydroxyl groups excluding tert-OH is 2. The molecule has 0 spiro atoms. The maximum Gasteiger partial charge on any atom is 0.339 e. The SMILES string of the molecule is C[C@H]1C[C@@H]2[C@H]([C@@H](O)C[C@@]3(C)[C@H]2C[C@H](C)[C@]3(OC(=O)c2ccccc2)C(=O)CO)[C@@]2(C)C=CC(=O)C=C12. The van der Waals surface area contributed by atoms with Crippen LogP contribution in [0.2, 0.25) is 0 Å². The zero-order valence-corrected chi connectivity index (χ0v) is 21.4. The number of benzene rings is 1. The molecule has 3 saturated carbocycles. The summed E-state index contributed by atoms with van der Waals surface area (Å²) in [6, 6.07) is 8.59. The van der Waals surface area contributed by atoms with E-state index in [-0.39, 0.29) is 41.8 Å². The summed E-state index contributed by atoms with van der Waals surface area (Å²) in [6.07, 6.45) is 6.26. The van der Waals surface area contributed by atoms with Crippen LogP contribution in [0.15, 0.2) is 54.1 Å². The molecule has 0 radical (unpaired) electrons. The first-order valence-corrected chi connectivity index (χ1v) is 13.1. The van der Waals surface area contributed by atoms with Gasteiger partial charge in [0.05, 0.1) is 11.7 Å². The molecule has 0 heterocycles. The van der Waals surface area contributed by atoms with Crippen molar-refractivity contribution in [1.29, 1.82) is 0 Å². The van der Waals surface area contributed by atoms with E-state index in [9.17, 15) is 24.6 Å². The number of Topliss-reactive ketones (excluding diaryl/α,β-unsaturated/α-hetero) is 1. The Morgan fingerprint density at radius 2 is 1.81 bits per heavy atom. The monoisotopic (exact) mass is 492 g/mol. The average Bonchev–Trinajstić information content (AvgIpc) is 3.07. The Kier molecular flexibility index (Phi) is 5.92. The minimum Gasteiger partial charge on any atom is -0.446 e. The Hall–Kier alpha value is -2.57. The summed E-state index contributed by atoms with van der Waals surface area (Å²) in [6.45, 7) is 7.40. The number of allylic oxidation sites excluding steroid dienone is 4. The van der Waals surface area contributed by atoms with Gasteiger partial charge in [0, 0.05) is 22.7 Å². The van der Waals surface area contributed by atoms with E-state index in [2.05, 4.69) is 13.8 Å². The number of hydrogen-bond acceptors (Lipinski definition) is 6. The van der Waals surface area contributed by atoms with Crippen molar-refractivity contribution in [3.05, 3.63) is 59.7 Å². The van der Waals surface area contributed by atoms with Gasteiger partial charge in [-0.1, -0.05) is 57.5 Å². The molecule has 4 aliphatic rings. The van der Waals surface area contributed by atoms with Crippen molar-refractivity contribution in [2.24, 2.45) is 40.4 Å². The van der Waals surface area contributed by atoms with Crippen molar-refractivity contribution in [3.63, 3.8) is 0 Å². The van der Waals surface area contributed by atoms with E-state index >= 15 is 0 Å². The van der Waals surface area contributed by atoms with Crippen LogP contribution < -0.4 is 0 Å². The Morgan fingerprint density at radius 1 is 1.11 bits per heavy atom. The molecule has 0 saturated heterocycles. The molecule has 4 aliphatic carbocycles. The van der Waals surface area contributed by atoms with Gasteiger partial charge in [0.1, 0.15) is 6.61 Å². The first-order valence-electron chi connectivity index (χ1n) is 13.1. The van der Waals surface area contributed by atoms with Crippen molar-refractivity contribution in [2.45, 2.75) is 58.7 Å². The minimum atomic E-state index is -1.54. The van der Waals surface area contributed by atoms with Gasteiger partial charge < -0.3 is 14.9 Å². The molecule has 0 amide bonds. The van der Waals surface area contributed by atoms with Gasteiger partial charge in [-0.2, -0.15) is 0 Å². The van der Waals surface area contributed by atoms with Gasteiger partial charge in [-0.25, -0.2) is 4.79 Å². The number of hydrogen-bond donors (Lipinski definition) is 2. The van der Waals surface area contributed by atoms with Gasteiger partial charge >= 0.3 is 5.97 Å². The fourth-order valence-electron chi connectivity index (χ4n) is 8.83. The van der Waals surface area contributed by atoms with Crippen LogP contribution in [0.3, 0.4) is 0 Å². The van der Waals surface area contributed by atoms with Crippen LogP contribution in [0.25, 0.3) is 0 Å². The average molecular weight is 493 g/mol. The minimum absolute atomic E-state index is 0.00632.